The molecule has 1 N–H and O–H groups in total. The number of para-hydroxylation sites is 1. The van der Waals surface area contributed by atoms with Gasteiger partial charge in [0.1, 0.15) is 10.9 Å². The number of amides is 1. The zero-order valence-electron chi connectivity index (χ0n) is 13.4. The molecular weight excluding hydrogens is 336 g/mol. The highest BCUT2D eigenvalue weighted by atomic mass is 32.1. The largest absolute Gasteiger partial charge is 0.448 e. The summed E-state index contributed by atoms with van der Waals surface area (Å²) in [6, 6.07) is 18.0. The van der Waals surface area contributed by atoms with E-state index in [1.807, 2.05) is 30.3 Å². The minimum atomic E-state index is -0.982. The Kier molecular flexibility index (Phi) is 4.78. The number of nitrogens with one attached hydrogen (secondary N) is 1. The molecule has 6 heteroatoms. The average molecular weight is 350 g/mol. The molecule has 0 fully saturated rings. The van der Waals surface area contributed by atoms with Crippen LogP contribution in [0.5, 0.6) is 0 Å². The molecule has 0 spiro atoms. The highest BCUT2D eigenvalue weighted by Gasteiger charge is 2.21. The van der Waals surface area contributed by atoms with E-state index >= 15 is 0 Å². The van der Waals surface area contributed by atoms with E-state index in [0.29, 0.717) is 16.1 Å². The third kappa shape index (κ3) is 3.67. The van der Waals surface area contributed by atoms with Crippen molar-refractivity contribution in [2.45, 2.75) is 13.0 Å². The number of benzene rings is 2. The number of fused-ring (bicyclic) bond motifs is 1. The van der Waals surface area contributed by atoms with Crippen molar-refractivity contribution in [3.8, 4) is 6.07 Å². The summed E-state index contributed by atoms with van der Waals surface area (Å²) in [4.78, 5) is 24.9. The summed E-state index contributed by atoms with van der Waals surface area (Å²) in [6.07, 6.45) is -0.982. The van der Waals surface area contributed by atoms with Crippen molar-refractivity contribution in [3.63, 3.8) is 0 Å². The van der Waals surface area contributed by atoms with E-state index in [4.69, 9.17) is 10.00 Å². The summed E-state index contributed by atoms with van der Waals surface area (Å²) in [6.45, 7) is 1.50. The van der Waals surface area contributed by atoms with Gasteiger partial charge in [-0.15, -0.1) is 11.3 Å². The summed E-state index contributed by atoms with van der Waals surface area (Å²) in [5.74, 6) is -1.03. The Morgan fingerprint density at radius 2 is 1.88 bits per heavy atom. The fourth-order valence-electron chi connectivity index (χ4n) is 2.28. The van der Waals surface area contributed by atoms with E-state index in [9.17, 15) is 9.59 Å². The maximum atomic E-state index is 12.3. The summed E-state index contributed by atoms with van der Waals surface area (Å²) in [7, 11) is 0. The predicted octanol–water partition coefficient (Wildman–Crippen LogP) is 3.96. The first-order chi connectivity index (χ1) is 12.1. The molecule has 2 aromatic carbocycles. The van der Waals surface area contributed by atoms with Crippen LogP contribution in [0.25, 0.3) is 10.1 Å². The van der Waals surface area contributed by atoms with Crippen LogP contribution < -0.4 is 5.32 Å². The molecule has 1 amide bonds. The second-order valence-corrected chi connectivity index (χ2v) is 6.43. The van der Waals surface area contributed by atoms with E-state index in [1.165, 1.54) is 18.3 Å². The molecule has 3 rings (SSSR count). The molecule has 0 saturated heterocycles. The molecule has 0 aliphatic carbocycles. The van der Waals surface area contributed by atoms with Gasteiger partial charge in [0, 0.05) is 4.70 Å². The van der Waals surface area contributed by atoms with Gasteiger partial charge in [0.25, 0.3) is 5.91 Å². The maximum Gasteiger partial charge on any atom is 0.349 e. The van der Waals surface area contributed by atoms with Crippen molar-refractivity contribution in [2.24, 2.45) is 0 Å². The first-order valence-corrected chi connectivity index (χ1v) is 8.39. The number of carbonyl (C=O) groups excluding carboxylic acids is 2. The van der Waals surface area contributed by atoms with Crippen LogP contribution in [0.1, 0.15) is 22.2 Å². The Balaban J connectivity index is 1.68. The summed E-state index contributed by atoms with van der Waals surface area (Å²) in [5, 5.41) is 12.6. The van der Waals surface area contributed by atoms with Gasteiger partial charge in [-0.2, -0.15) is 5.26 Å². The van der Waals surface area contributed by atoms with Gasteiger partial charge < -0.3 is 10.1 Å². The Morgan fingerprint density at radius 3 is 2.64 bits per heavy atom. The second-order valence-electron chi connectivity index (χ2n) is 5.34. The van der Waals surface area contributed by atoms with Crippen LogP contribution in [-0.4, -0.2) is 18.0 Å². The third-order valence-corrected chi connectivity index (χ3v) is 4.68. The van der Waals surface area contributed by atoms with Crippen LogP contribution in [0.15, 0.2) is 54.6 Å². The van der Waals surface area contributed by atoms with Gasteiger partial charge in [0.15, 0.2) is 6.10 Å². The van der Waals surface area contributed by atoms with E-state index in [2.05, 4.69) is 5.32 Å². The first kappa shape index (κ1) is 16.7. The lowest BCUT2D eigenvalue weighted by molar-refractivity contribution is -0.123. The third-order valence-electron chi connectivity index (χ3n) is 3.59. The van der Waals surface area contributed by atoms with Crippen molar-refractivity contribution >= 4 is 39.0 Å². The molecule has 3 aromatic rings. The highest BCUT2D eigenvalue weighted by Crippen LogP contribution is 2.26. The van der Waals surface area contributed by atoms with Crippen LogP contribution in [-0.2, 0) is 9.53 Å². The maximum absolute atomic E-state index is 12.3. The van der Waals surface area contributed by atoms with Crippen molar-refractivity contribution < 1.29 is 14.3 Å². The number of hydrogen-bond acceptors (Lipinski definition) is 5. The summed E-state index contributed by atoms with van der Waals surface area (Å²) < 4.78 is 6.23. The quantitative estimate of drug-likeness (QED) is 0.723. The van der Waals surface area contributed by atoms with Gasteiger partial charge in [-0.3, -0.25) is 4.79 Å². The van der Waals surface area contributed by atoms with Crippen LogP contribution in [0.3, 0.4) is 0 Å². The minimum absolute atomic E-state index is 0.346. The Morgan fingerprint density at radius 1 is 1.16 bits per heavy atom. The number of rotatable bonds is 4. The summed E-state index contributed by atoms with van der Waals surface area (Å²) >= 11 is 1.32. The lowest BCUT2D eigenvalue weighted by Crippen LogP contribution is -2.30. The topological polar surface area (TPSA) is 79.2 Å². The van der Waals surface area contributed by atoms with E-state index in [-0.39, 0.29) is 0 Å². The number of carbonyl (C=O) groups is 2. The number of anilines is 1. The Labute approximate surface area is 148 Å². The van der Waals surface area contributed by atoms with Gasteiger partial charge in [0.05, 0.1) is 11.3 Å². The molecule has 0 saturated carbocycles. The molecule has 0 bridgehead atoms. The van der Waals surface area contributed by atoms with Gasteiger partial charge in [-0.05, 0) is 36.6 Å². The highest BCUT2D eigenvalue weighted by molar-refractivity contribution is 7.20. The fraction of sp³-hybridized carbons (Fsp3) is 0.105. The average Bonchev–Trinajstić information content (AvgIpc) is 3.06. The number of esters is 1. The predicted molar refractivity (Wildman–Crippen MR) is 96.5 cm³/mol. The van der Waals surface area contributed by atoms with Crippen LogP contribution in [0.2, 0.25) is 0 Å². The molecule has 25 heavy (non-hydrogen) atoms. The second kappa shape index (κ2) is 7.16. The zero-order chi connectivity index (χ0) is 17.8. The molecule has 1 atom stereocenters. The monoisotopic (exact) mass is 350 g/mol. The number of ether oxygens (including phenoxy) is 1. The zero-order valence-corrected chi connectivity index (χ0v) is 14.2. The van der Waals surface area contributed by atoms with Gasteiger partial charge in [-0.1, -0.05) is 30.3 Å². The Hall–Kier alpha value is -3.17. The number of nitrogens with zero attached hydrogens (tertiary/aromatic N) is 1. The standard InChI is InChI=1S/C19H14N2O3S/c1-12(18(22)21-15-8-4-2-7-14(15)11-20)24-19(23)17-10-13-6-3-5-9-16(13)25-17/h2-10,12H,1H3,(H,21,22)/t12-/m1/s1. The van der Waals surface area contributed by atoms with Crippen LogP contribution in [0, 0.1) is 11.3 Å². The summed E-state index contributed by atoms with van der Waals surface area (Å²) in [5.41, 5.74) is 0.735. The molecule has 0 aliphatic rings. The SMILES string of the molecule is C[C@@H](OC(=O)c1cc2ccccc2s1)C(=O)Nc1ccccc1C#N. The lowest BCUT2D eigenvalue weighted by atomic mass is 10.2. The van der Waals surface area contributed by atoms with Gasteiger partial charge >= 0.3 is 5.97 Å². The lowest BCUT2D eigenvalue weighted by Gasteiger charge is -2.13. The van der Waals surface area contributed by atoms with E-state index < -0.39 is 18.0 Å². The van der Waals surface area contributed by atoms with Crippen molar-refractivity contribution in [1.29, 1.82) is 5.26 Å². The molecule has 1 heterocycles. The Bertz CT molecular complexity index is 954. The van der Waals surface area contributed by atoms with Crippen LogP contribution in [0.4, 0.5) is 5.69 Å². The van der Waals surface area contributed by atoms with Gasteiger partial charge in [-0.25, -0.2) is 4.79 Å². The molecule has 0 aliphatic heterocycles. The van der Waals surface area contributed by atoms with Crippen molar-refractivity contribution in [1.82, 2.24) is 0 Å². The molecule has 5 nitrogen and oxygen atoms in total. The normalized spacial score (nSPS) is 11.5. The number of thiophene rings is 1. The molecule has 124 valence electrons. The number of hydrogen-bond donors (Lipinski definition) is 1. The first-order valence-electron chi connectivity index (χ1n) is 7.58. The van der Waals surface area contributed by atoms with E-state index in [0.717, 1.165) is 10.1 Å². The van der Waals surface area contributed by atoms with Crippen LogP contribution >= 0.6 is 11.3 Å². The molecule has 1 aromatic heterocycles. The smallest absolute Gasteiger partial charge is 0.349 e. The van der Waals surface area contributed by atoms with Crippen molar-refractivity contribution in [2.75, 3.05) is 5.32 Å². The minimum Gasteiger partial charge on any atom is -0.448 e. The number of nitriles is 1. The molecule has 0 radical (unpaired) electrons. The van der Waals surface area contributed by atoms with Crippen molar-refractivity contribution in [3.05, 3.63) is 65.0 Å². The van der Waals surface area contributed by atoms with Gasteiger partial charge in [0.2, 0.25) is 0 Å². The fourth-order valence-corrected chi connectivity index (χ4v) is 3.22. The molecular formula is C19H14N2O3S. The van der Waals surface area contributed by atoms with E-state index in [1.54, 1.807) is 30.3 Å². The molecule has 0 unspecified atom stereocenters.